The van der Waals surface area contributed by atoms with E-state index in [2.05, 4.69) is 20.4 Å². The van der Waals surface area contributed by atoms with E-state index in [0.717, 1.165) is 5.56 Å². The van der Waals surface area contributed by atoms with Crippen LogP contribution in [0.3, 0.4) is 0 Å². The molecule has 0 aliphatic rings. The Bertz CT molecular complexity index is 371. The quantitative estimate of drug-likeness (QED) is 0.598. The second-order valence-corrected chi connectivity index (χ2v) is 3.46. The number of anilines is 1. The number of rotatable bonds is 5. The van der Waals surface area contributed by atoms with Gasteiger partial charge in [0.25, 0.3) is 0 Å². The van der Waals surface area contributed by atoms with Crippen molar-refractivity contribution in [2.45, 2.75) is 6.54 Å². The predicted molar refractivity (Wildman–Crippen MR) is 62.5 cm³/mol. The van der Waals surface area contributed by atoms with Crippen molar-refractivity contribution < 1.29 is 9.53 Å². The Morgan fingerprint density at radius 1 is 1.56 bits per heavy atom. The van der Waals surface area contributed by atoms with E-state index in [0.29, 0.717) is 17.5 Å². The van der Waals surface area contributed by atoms with Gasteiger partial charge < -0.3 is 15.4 Å². The summed E-state index contributed by atoms with van der Waals surface area (Å²) in [5.41, 5.74) is 0.941. The Labute approximate surface area is 99.2 Å². The lowest BCUT2D eigenvalue weighted by Gasteiger charge is -2.08. The Morgan fingerprint density at radius 2 is 2.31 bits per heavy atom. The van der Waals surface area contributed by atoms with Crippen LogP contribution in [0, 0.1) is 0 Å². The molecule has 6 heteroatoms. The molecule has 0 saturated carbocycles. The number of hydrogen-bond donors (Lipinski definition) is 2. The number of pyridine rings is 1. The summed E-state index contributed by atoms with van der Waals surface area (Å²) in [4.78, 5) is 15.0. The fourth-order valence-corrected chi connectivity index (χ4v) is 1.34. The summed E-state index contributed by atoms with van der Waals surface area (Å²) >= 11 is 5.76. The van der Waals surface area contributed by atoms with Crippen LogP contribution in [0.15, 0.2) is 12.1 Å². The van der Waals surface area contributed by atoms with Crippen molar-refractivity contribution in [1.82, 2.24) is 10.3 Å². The molecule has 1 rings (SSSR count). The van der Waals surface area contributed by atoms with E-state index in [1.165, 1.54) is 7.11 Å². The molecular formula is C10H14ClN3O2. The van der Waals surface area contributed by atoms with Gasteiger partial charge in [-0.1, -0.05) is 17.7 Å². The van der Waals surface area contributed by atoms with Crippen LogP contribution in [0.2, 0.25) is 5.15 Å². The molecule has 0 bridgehead atoms. The van der Waals surface area contributed by atoms with Crippen molar-refractivity contribution in [2.75, 3.05) is 26.0 Å². The van der Waals surface area contributed by atoms with Crippen LogP contribution in [-0.4, -0.2) is 31.7 Å². The molecule has 0 atom stereocenters. The van der Waals surface area contributed by atoms with Gasteiger partial charge >= 0.3 is 5.97 Å². The minimum absolute atomic E-state index is 0.169. The summed E-state index contributed by atoms with van der Waals surface area (Å²) < 4.78 is 4.51. The monoisotopic (exact) mass is 243 g/mol. The molecule has 16 heavy (non-hydrogen) atoms. The molecule has 5 nitrogen and oxygen atoms in total. The second-order valence-electron chi connectivity index (χ2n) is 3.07. The number of nitrogens with zero attached hydrogens (tertiary/aromatic N) is 1. The van der Waals surface area contributed by atoms with Gasteiger partial charge in [-0.2, -0.15) is 0 Å². The van der Waals surface area contributed by atoms with Crippen molar-refractivity contribution in [2.24, 2.45) is 0 Å². The van der Waals surface area contributed by atoms with E-state index in [-0.39, 0.29) is 12.5 Å². The Hall–Kier alpha value is -1.33. The zero-order valence-electron chi connectivity index (χ0n) is 9.21. The lowest BCUT2D eigenvalue weighted by Crippen LogP contribution is -2.23. The molecule has 0 radical (unpaired) electrons. The average Bonchev–Trinajstić information content (AvgIpc) is 2.30. The SMILES string of the molecule is CNc1nc(Cl)ccc1CNCC(=O)OC. The van der Waals surface area contributed by atoms with E-state index in [1.807, 2.05) is 6.07 Å². The molecule has 1 aromatic rings. The maximum Gasteiger partial charge on any atom is 0.319 e. The highest BCUT2D eigenvalue weighted by atomic mass is 35.5. The van der Waals surface area contributed by atoms with Gasteiger partial charge in [0.2, 0.25) is 0 Å². The molecule has 0 spiro atoms. The number of methoxy groups -OCH3 is 1. The number of halogens is 1. The number of aromatic nitrogens is 1. The van der Waals surface area contributed by atoms with E-state index in [1.54, 1.807) is 13.1 Å². The summed E-state index contributed by atoms with van der Waals surface area (Å²) in [7, 11) is 3.12. The van der Waals surface area contributed by atoms with Crippen molar-refractivity contribution >= 4 is 23.4 Å². The molecule has 0 aliphatic heterocycles. The van der Waals surface area contributed by atoms with Crippen LogP contribution < -0.4 is 10.6 Å². The van der Waals surface area contributed by atoms with Crippen LogP contribution in [0.25, 0.3) is 0 Å². The van der Waals surface area contributed by atoms with Crippen LogP contribution in [0.5, 0.6) is 0 Å². The highest BCUT2D eigenvalue weighted by Crippen LogP contribution is 2.15. The largest absolute Gasteiger partial charge is 0.468 e. The van der Waals surface area contributed by atoms with E-state index >= 15 is 0 Å². The zero-order valence-corrected chi connectivity index (χ0v) is 9.97. The van der Waals surface area contributed by atoms with Gasteiger partial charge in [-0.15, -0.1) is 0 Å². The van der Waals surface area contributed by atoms with Crippen LogP contribution >= 0.6 is 11.6 Å². The molecule has 0 aromatic carbocycles. The summed E-state index contributed by atoms with van der Waals surface area (Å²) in [5.74, 6) is 0.401. The number of carbonyl (C=O) groups excluding carboxylic acids is 1. The first-order chi connectivity index (χ1) is 7.67. The molecule has 0 aliphatic carbocycles. The fraction of sp³-hybridized carbons (Fsp3) is 0.400. The number of esters is 1. The van der Waals surface area contributed by atoms with Gasteiger partial charge in [0.15, 0.2) is 0 Å². The summed E-state index contributed by atoms with van der Waals surface area (Å²) in [5, 5.41) is 6.32. The summed E-state index contributed by atoms with van der Waals surface area (Å²) in [6, 6.07) is 3.56. The molecule has 0 amide bonds. The van der Waals surface area contributed by atoms with Crippen molar-refractivity contribution in [3.8, 4) is 0 Å². The fourth-order valence-electron chi connectivity index (χ4n) is 1.19. The summed E-state index contributed by atoms with van der Waals surface area (Å²) in [6.45, 7) is 0.692. The first-order valence-electron chi connectivity index (χ1n) is 4.78. The minimum atomic E-state index is -0.298. The lowest BCUT2D eigenvalue weighted by molar-refractivity contribution is -0.139. The van der Waals surface area contributed by atoms with E-state index in [4.69, 9.17) is 11.6 Å². The Balaban J connectivity index is 2.56. The Kier molecular flexibility index (Phi) is 5.01. The maximum atomic E-state index is 10.9. The summed E-state index contributed by atoms with van der Waals surface area (Å²) in [6.07, 6.45) is 0. The van der Waals surface area contributed by atoms with Gasteiger partial charge in [-0.3, -0.25) is 4.79 Å². The molecular weight excluding hydrogens is 230 g/mol. The topological polar surface area (TPSA) is 63.2 Å². The lowest BCUT2D eigenvalue weighted by atomic mass is 10.2. The number of carbonyl (C=O) groups is 1. The highest BCUT2D eigenvalue weighted by Gasteiger charge is 2.04. The molecule has 88 valence electrons. The van der Waals surface area contributed by atoms with Gasteiger partial charge in [0, 0.05) is 19.2 Å². The molecule has 1 aromatic heterocycles. The van der Waals surface area contributed by atoms with Crippen molar-refractivity contribution in [1.29, 1.82) is 0 Å². The molecule has 2 N–H and O–H groups in total. The van der Waals surface area contributed by atoms with Crippen molar-refractivity contribution in [3.63, 3.8) is 0 Å². The maximum absolute atomic E-state index is 10.9. The second kappa shape index (κ2) is 6.30. The first kappa shape index (κ1) is 12.7. The van der Waals surface area contributed by atoms with Crippen LogP contribution in [0.1, 0.15) is 5.56 Å². The third-order valence-corrected chi connectivity index (χ3v) is 2.20. The predicted octanol–water partition coefficient (Wildman–Crippen LogP) is 1.04. The van der Waals surface area contributed by atoms with E-state index < -0.39 is 0 Å². The van der Waals surface area contributed by atoms with E-state index in [9.17, 15) is 4.79 Å². The number of ether oxygens (including phenoxy) is 1. The minimum Gasteiger partial charge on any atom is -0.468 e. The van der Waals surface area contributed by atoms with Crippen molar-refractivity contribution in [3.05, 3.63) is 22.8 Å². The zero-order chi connectivity index (χ0) is 12.0. The van der Waals surface area contributed by atoms with Gasteiger partial charge in [0.05, 0.1) is 13.7 Å². The van der Waals surface area contributed by atoms with Gasteiger partial charge in [-0.25, -0.2) is 4.98 Å². The molecule has 0 unspecified atom stereocenters. The number of nitrogens with one attached hydrogen (secondary N) is 2. The van der Waals surface area contributed by atoms with Crippen LogP contribution in [-0.2, 0) is 16.1 Å². The Morgan fingerprint density at radius 3 is 2.94 bits per heavy atom. The van der Waals surface area contributed by atoms with Gasteiger partial charge in [0.1, 0.15) is 11.0 Å². The van der Waals surface area contributed by atoms with Gasteiger partial charge in [-0.05, 0) is 6.07 Å². The molecule has 0 saturated heterocycles. The van der Waals surface area contributed by atoms with Crippen LogP contribution in [0.4, 0.5) is 5.82 Å². The molecule has 0 fully saturated rings. The third-order valence-electron chi connectivity index (χ3n) is 1.99. The normalized spacial score (nSPS) is 9.94. The highest BCUT2D eigenvalue weighted by molar-refractivity contribution is 6.29. The third kappa shape index (κ3) is 3.67. The number of hydrogen-bond acceptors (Lipinski definition) is 5. The average molecular weight is 244 g/mol. The molecule has 1 heterocycles. The smallest absolute Gasteiger partial charge is 0.319 e. The first-order valence-corrected chi connectivity index (χ1v) is 5.16. The standard InChI is InChI=1S/C10H14ClN3O2/c1-12-10-7(3-4-8(11)14-10)5-13-6-9(15)16-2/h3-4,13H,5-6H2,1-2H3,(H,12,14).